The highest BCUT2D eigenvalue weighted by Crippen LogP contribution is 2.62. The van der Waals surface area contributed by atoms with Gasteiger partial charge >= 0.3 is 11.9 Å². The molecule has 2 rings (SSSR count). The molecule has 1 saturated carbocycles. The van der Waals surface area contributed by atoms with Crippen LogP contribution in [0, 0.1) is 17.3 Å². The average molecular weight is 140 g/mol. The molecule has 0 amide bonds. The van der Waals surface area contributed by atoms with Crippen LogP contribution < -0.4 is 0 Å². The van der Waals surface area contributed by atoms with Crippen molar-refractivity contribution in [3.05, 3.63) is 0 Å². The van der Waals surface area contributed by atoms with Gasteiger partial charge in [0.05, 0.1) is 11.8 Å². The molecule has 0 aromatic carbocycles. The second-order valence-electron chi connectivity index (χ2n) is 3.52. The fourth-order valence-corrected chi connectivity index (χ4v) is 1.74. The minimum Gasteiger partial charge on any atom is -0.393 e. The standard InChI is InChI=1S/C7H8O3/c1-7(2)3-4(7)6(9)10-5(3)8/h3-4H,1-2H3/t3-,4?/m0/s1. The van der Waals surface area contributed by atoms with Gasteiger partial charge in [0.15, 0.2) is 0 Å². The van der Waals surface area contributed by atoms with Crippen molar-refractivity contribution in [1.29, 1.82) is 0 Å². The lowest BCUT2D eigenvalue weighted by molar-refractivity contribution is -0.157. The van der Waals surface area contributed by atoms with E-state index < -0.39 is 0 Å². The van der Waals surface area contributed by atoms with Crippen LogP contribution >= 0.6 is 0 Å². The van der Waals surface area contributed by atoms with Crippen LogP contribution in [0.1, 0.15) is 13.8 Å². The second-order valence-corrected chi connectivity index (χ2v) is 3.52. The molecule has 54 valence electrons. The van der Waals surface area contributed by atoms with Crippen LogP contribution in [0.4, 0.5) is 0 Å². The van der Waals surface area contributed by atoms with Crippen molar-refractivity contribution in [2.45, 2.75) is 13.8 Å². The molecule has 0 aromatic heterocycles. The van der Waals surface area contributed by atoms with Crippen LogP contribution in [0.15, 0.2) is 0 Å². The summed E-state index contributed by atoms with van der Waals surface area (Å²) < 4.78 is 4.38. The number of carbonyl (C=O) groups is 2. The Bertz CT molecular complexity index is 207. The van der Waals surface area contributed by atoms with Crippen LogP contribution in [0.5, 0.6) is 0 Å². The molecule has 2 aliphatic rings. The third-order valence-electron chi connectivity index (χ3n) is 2.54. The number of fused-ring (bicyclic) bond motifs is 1. The van der Waals surface area contributed by atoms with E-state index in [1.54, 1.807) is 0 Å². The first-order chi connectivity index (χ1) is 4.55. The van der Waals surface area contributed by atoms with Gasteiger partial charge in [0.25, 0.3) is 0 Å². The zero-order valence-corrected chi connectivity index (χ0v) is 5.88. The van der Waals surface area contributed by atoms with E-state index >= 15 is 0 Å². The molecule has 10 heavy (non-hydrogen) atoms. The summed E-state index contributed by atoms with van der Waals surface area (Å²) in [7, 11) is 0. The summed E-state index contributed by atoms with van der Waals surface area (Å²) in [5.41, 5.74) is -0.119. The third-order valence-corrected chi connectivity index (χ3v) is 2.54. The summed E-state index contributed by atoms with van der Waals surface area (Å²) in [6.07, 6.45) is 0. The first-order valence-corrected chi connectivity index (χ1v) is 3.30. The summed E-state index contributed by atoms with van der Waals surface area (Å²) in [6.45, 7) is 3.83. The van der Waals surface area contributed by atoms with Crippen LogP contribution in [0.25, 0.3) is 0 Å². The number of hydrogen-bond acceptors (Lipinski definition) is 3. The number of esters is 2. The topological polar surface area (TPSA) is 43.4 Å². The molecular formula is C7H8O3. The summed E-state index contributed by atoms with van der Waals surface area (Å²) in [6, 6.07) is 0. The molecule has 2 atom stereocenters. The fraction of sp³-hybridized carbons (Fsp3) is 0.714. The Morgan fingerprint density at radius 2 is 1.60 bits per heavy atom. The predicted molar refractivity (Wildman–Crippen MR) is 31.9 cm³/mol. The van der Waals surface area contributed by atoms with Crippen molar-refractivity contribution in [3.63, 3.8) is 0 Å². The quantitative estimate of drug-likeness (QED) is 0.360. The highest BCUT2D eigenvalue weighted by molar-refractivity contribution is 6.02. The molecule has 0 aromatic rings. The average Bonchev–Trinajstić information content (AvgIpc) is 2.17. The van der Waals surface area contributed by atoms with Crippen LogP contribution in [0.3, 0.4) is 0 Å². The SMILES string of the molecule is CC1(C)C2C(=O)OC(=O)[C@H]21. The highest BCUT2D eigenvalue weighted by atomic mass is 16.6. The minimum atomic E-state index is -0.333. The molecule has 1 aliphatic heterocycles. The molecule has 0 N–H and O–H groups in total. The van der Waals surface area contributed by atoms with Crippen molar-refractivity contribution in [1.82, 2.24) is 0 Å². The highest BCUT2D eigenvalue weighted by Gasteiger charge is 2.72. The molecule has 1 heterocycles. The van der Waals surface area contributed by atoms with Gasteiger partial charge in [0.1, 0.15) is 0 Å². The Kier molecular flexibility index (Phi) is 0.743. The van der Waals surface area contributed by atoms with Gasteiger partial charge in [-0.1, -0.05) is 13.8 Å². The van der Waals surface area contributed by atoms with Crippen molar-refractivity contribution in [2.24, 2.45) is 17.3 Å². The Morgan fingerprint density at radius 1 is 1.20 bits per heavy atom. The first kappa shape index (κ1) is 5.89. The normalized spacial score (nSPS) is 41.0. The first-order valence-electron chi connectivity index (χ1n) is 3.30. The van der Waals surface area contributed by atoms with E-state index in [4.69, 9.17) is 0 Å². The van der Waals surface area contributed by atoms with Crippen molar-refractivity contribution < 1.29 is 14.3 Å². The van der Waals surface area contributed by atoms with Gasteiger partial charge in [-0.2, -0.15) is 0 Å². The van der Waals surface area contributed by atoms with Gasteiger partial charge in [-0.15, -0.1) is 0 Å². The van der Waals surface area contributed by atoms with Crippen LogP contribution in [-0.2, 0) is 14.3 Å². The second kappa shape index (κ2) is 1.26. The maximum absolute atomic E-state index is 10.8. The zero-order valence-electron chi connectivity index (χ0n) is 5.88. The number of ether oxygens (including phenoxy) is 1. The number of carbonyl (C=O) groups excluding carboxylic acids is 2. The van der Waals surface area contributed by atoms with E-state index in [1.807, 2.05) is 13.8 Å². The maximum Gasteiger partial charge on any atom is 0.318 e. The number of hydrogen-bond donors (Lipinski definition) is 0. The van der Waals surface area contributed by atoms with Crippen molar-refractivity contribution >= 4 is 11.9 Å². The number of rotatable bonds is 0. The van der Waals surface area contributed by atoms with Gasteiger partial charge < -0.3 is 4.74 Å². The van der Waals surface area contributed by atoms with E-state index in [0.29, 0.717) is 0 Å². The Labute approximate surface area is 58.4 Å². The monoisotopic (exact) mass is 140 g/mol. The Hall–Kier alpha value is -0.860. The van der Waals surface area contributed by atoms with Gasteiger partial charge in [0.2, 0.25) is 0 Å². The summed E-state index contributed by atoms with van der Waals surface area (Å²) in [5, 5.41) is 0. The maximum atomic E-state index is 10.8. The number of cyclic esters (lactones) is 2. The smallest absolute Gasteiger partial charge is 0.318 e. The van der Waals surface area contributed by atoms with E-state index in [2.05, 4.69) is 4.74 Å². The molecule has 0 spiro atoms. The lowest BCUT2D eigenvalue weighted by atomic mass is 10.1. The van der Waals surface area contributed by atoms with E-state index in [9.17, 15) is 9.59 Å². The van der Waals surface area contributed by atoms with E-state index in [1.165, 1.54) is 0 Å². The minimum absolute atomic E-state index is 0.119. The predicted octanol–water partition coefficient (Wildman–Crippen LogP) is 0.342. The molecule has 1 saturated heterocycles. The van der Waals surface area contributed by atoms with E-state index in [-0.39, 0.29) is 29.2 Å². The molecule has 3 nitrogen and oxygen atoms in total. The molecule has 2 fully saturated rings. The lowest BCUT2D eigenvalue weighted by Crippen LogP contribution is -2.14. The third kappa shape index (κ3) is 0.426. The van der Waals surface area contributed by atoms with Crippen molar-refractivity contribution in [2.75, 3.05) is 0 Å². The van der Waals surface area contributed by atoms with Gasteiger partial charge in [-0.25, -0.2) is 0 Å². The summed E-state index contributed by atoms with van der Waals surface area (Å²) in [5.74, 6) is -0.944. The van der Waals surface area contributed by atoms with Crippen molar-refractivity contribution in [3.8, 4) is 0 Å². The van der Waals surface area contributed by atoms with Gasteiger partial charge in [-0.05, 0) is 5.41 Å². The molecule has 1 aliphatic carbocycles. The molecular weight excluding hydrogens is 132 g/mol. The van der Waals surface area contributed by atoms with Gasteiger partial charge in [0, 0.05) is 0 Å². The Morgan fingerprint density at radius 3 is 1.80 bits per heavy atom. The molecule has 3 heteroatoms. The molecule has 0 bridgehead atoms. The fourth-order valence-electron chi connectivity index (χ4n) is 1.74. The van der Waals surface area contributed by atoms with E-state index in [0.717, 1.165) is 0 Å². The molecule has 0 radical (unpaired) electrons. The summed E-state index contributed by atoms with van der Waals surface area (Å²) in [4.78, 5) is 21.6. The largest absolute Gasteiger partial charge is 0.393 e. The van der Waals surface area contributed by atoms with Gasteiger partial charge in [-0.3, -0.25) is 9.59 Å². The molecule has 1 unspecified atom stereocenters. The van der Waals surface area contributed by atoms with Crippen LogP contribution in [-0.4, -0.2) is 11.9 Å². The summed E-state index contributed by atoms with van der Waals surface area (Å²) >= 11 is 0. The van der Waals surface area contributed by atoms with Crippen LogP contribution in [0.2, 0.25) is 0 Å². The zero-order chi connectivity index (χ0) is 7.52. The Balaban J connectivity index is 2.34. The lowest BCUT2D eigenvalue weighted by Gasteiger charge is -2.04.